The van der Waals surface area contributed by atoms with Crippen LogP contribution in [0.1, 0.15) is 34.1 Å². The second-order valence-corrected chi connectivity index (χ2v) is 5.09. The average molecular weight is 186 g/mol. The second kappa shape index (κ2) is 2.71. The first-order valence-corrected chi connectivity index (χ1v) is 4.61. The molecule has 0 aliphatic heterocycles. The van der Waals surface area contributed by atoms with Crippen LogP contribution >= 0.6 is 0 Å². The molecule has 76 valence electrons. The maximum absolute atomic E-state index is 10.4. The summed E-state index contributed by atoms with van der Waals surface area (Å²) in [5.74, 6) is -0.817. The summed E-state index contributed by atoms with van der Waals surface area (Å²) >= 11 is 0. The normalized spacial score (nSPS) is 26.8. The van der Waals surface area contributed by atoms with E-state index in [2.05, 4.69) is 27.7 Å². The lowest BCUT2D eigenvalue weighted by atomic mass is 10.0. The summed E-state index contributed by atoms with van der Waals surface area (Å²) in [6.07, 6.45) is -0.847. The van der Waals surface area contributed by atoms with Crippen molar-refractivity contribution in [3.05, 3.63) is 0 Å². The highest BCUT2D eigenvalue weighted by molar-refractivity contribution is 5.67. The summed E-state index contributed by atoms with van der Waals surface area (Å²) in [6, 6.07) is 0. The van der Waals surface area contributed by atoms with Crippen LogP contribution in [-0.4, -0.2) is 22.3 Å². The van der Waals surface area contributed by atoms with Crippen molar-refractivity contribution in [3.8, 4) is 0 Å². The first-order chi connectivity index (χ1) is 5.71. The summed E-state index contributed by atoms with van der Waals surface area (Å²) < 4.78 is 0. The molecular weight excluding hydrogens is 168 g/mol. The molecule has 0 aromatic heterocycles. The molecule has 1 aliphatic rings. The molecule has 1 saturated carbocycles. The topological polar surface area (TPSA) is 57.5 Å². The molecule has 0 saturated heterocycles. The van der Waals surface area contributed by atoms with E-state index in [-0.39, 0.29) is 23.2 Å². The van der Waals surface area contributed by atoms with Gasteiger partial charge in [-0.25, -0.2) is 0 Å². The number of aliphatic hydroxyl groups excluding tert-OH is 1. The van der Waals surface area contributed by atoms with Crippen LogP contribution in [0.2, 0.25) is 0 Å². The highest BCUT2D eigenvalue weighted by Gasteiger charge is 2.67. The van der Waals surface area contributed by atoms with Crippen LogP contribution in [0.5, 0.6) is 0 Å². The van der Waals surface area contributed by atoms with E-state index in [0.717, 1.165) is 0 Å². The zero-order chi connectivity index (χ0) is 10.4. The third-order valence-corrected chi connectivity index (χ3v) is 3.90. The molecule has 0 radical (unpaired) electrons. The average Bonchev–Trinajstić information content (AvgIpc) is 2.20. The monoisotopic (exact) mass is 186 g/mol. The van der Waals surface area contributed by atoms with Gasteiger partial charge in [-0.15, -0.1) is 0 Å². The fourth-order valence-electron chi connectivity index (χ4n) is 2.51. The molecular formula is C10H18O3. The Bertz CT molecular complexity index is 216. The van der Waals surface area contributed by atoms with E-state index in [4.69, 9.17) is 5.11 Å². The first-order valence-electron chi connectivity index (χ1n) is 4.61. The minimum absolute atomic E-state index is 0.0574. The number of aliphatic carboxylic acids is 1. The van der Waals surface area contributed by atoms with Gasteiger partial charge in [-0.1, -0.05) is 27.7 Å². The lowest BCUT2D eigenvalue weighted by Gasteiger charge is -2.08. The van der Waals surface area contributed by atoms with Gasteiger partial charge in [0.1, 0.15) is 0 Å². The molecule has 0 bridgehead atoms. The van der Waals surface area contributed by atoms with Crippen molar-refractivity contribution in [3.63, 3.8) is 0 Å². The molecule has 0 aromatic rings. The quantitative estimate of drug-likeness (QED) is 0.702. The standard InChI is InChI=1S/C10H18O3/c1-9(2)8(10(9,3)4)6(11)5-7(12)13/h6,8,11H,5H2,1-4H3,(H,12,13)/t6-/m1/s1. The largest absolute Gasteiger partial charge is 0.481 e. The van der Waals surface area contributed by atoms with Gasteiger partial charge in [-0.3, -0.25) is 4.79 Å². The van der Waals surface area contributed by atoms with Gasteiger partial charge >= 0.3 is 5.97 Å². The summed E-state index contributed by atoms with van der Waals surface area (Å²) in [7, 11) is 0. The first kappa shape index (κ1) is 10.5. The molecule has 2 N–H and O–H groups in total. The van der Waals surface area contributed by atoms with Crippen molar-refractivity contribution in [2.45, 2.75) is 40.2 Å². The van der Waals surface area contributed by atoms with Crippen LogP contribution in [0, 0.1) is 16.7 Å². The van der Waals surface area contributed by atoms with E-state index < -0.39 is 12.1 Å². The summed E-state index contributed by atoms with van der Waals surface area (Å²) in [5.41, 5.74) is 0.115. The summed E-state index contributed by atoms with van der Waals surface area (Å²) in [6.45, 7) is 8.29. The van der Waals surface area contributed by atoms with Crippen LogP contribution in [0.3, 0.4) is 0 Å². The molecule has 13 heavy (non-hydrogen) atoms. The van der Waals surface area contributed by atoms with E-state index in [1.54, 1.807) is 0 Å². The van der Waals surface area contributed by atoms with Crippen molar-refractivity contribution >= 4 is 5.97 Å². The lowest BCUT2D eigenvalue weighted by molar-refractivity contribution is -0.139. The van der Waals surface area contributed by atoms with Crippen LogP contribution < -0.4 is 0 Å². The van der Waals surface area contributed by atoms with E-state index >= 15 is 0 Å². The SMILES string of the molecule is CC1(C)C([C@H](O)CC(=O)O)C1(C)C. The molecule has 1 rings (SSSR count). The Morgan fingerprint density at radius 1 is 1.31 bits per heavy atom. The Morgan fingerprint density at radius 2 is 1.69 bits per heavy atom. The minimum atomic E-state index is -0.925. The number of carboxylic acids is 1. The minimum Gasteiger partial charge on any atom is -0.481 e. The van der Waals surface area contributed by atoms with Gasteiger partial charge < -0.3 is 10.2 Å². The molecule has 1 atom stereocenters. The molecule has 0 amide bonds. The molecule has 0 spiro atoms. The van der Waals surface area contributed by atoms with E-state index in [9.17, 15) is 9.90 Å². The molecule has 3 heteroatoms. The Hall–Kier alpha value is -0.570. The van der Waals surface area contributed by atoms with Gasteiger partial charge in [0, 0.05) is 0 Å². The van der Waals surface area contributed by atoms with Crippen LogP contribution in [0.25, 0.3) is 0 Å². The third kappa shape index (κ3) is 1.46. The van der Waals surface area contributed by atoms with Crippen molar-refractivity contribution < 1.29 is 15.0 Å². The van der Waals surface area contributed by atoms with E-state index in [1.165, 1.54) is 0 Å². The van der Waals surface area contributed by atoms with Gasteiger partial charge in [0.25, 0.3) is 0 Å². The second-order valence-electron chi connectivity index (χ2n) is 5.09. The lowest BCUT2D eigenvalue weighted by Crippen LogP contribution is -2.18. The predicted molar refractivity (Wildman–Crippen MR) is 49.3 cm³/mol. The Kier molecular flexibility index (Phi) is 2.19. The van der Waals surface area contributed by atoms with Gasteiger partial charge in [0.05, 0.1) is 12.5 Å². The number of hydrogen-bond donors (Lipinski definition) is 2. The van der Waals surface area contributed by atoms with Crippen LogP contribution in [-0.2, 0) is 4.79 Å². The Balaban J connectivity index is 2.62. The fourth-order valence-corrected chi connectivity index (χ4v) is 2.51. The van der Waals surface area contributed by atoms with Crippen LogP contribution in [0.15, 0.2) is 0 Å². The number of hydrogen-bond acceptors (Lipinski definition) is 2. The summed E-state index contributed by atoms with van der Waals surface area (Å²) in [4.78, 5) is 10.4. The highest BCUT2D eigenvalue weighted by Crippen LogP contribution is 2.69. The molecule has 0 unspecified atom stereocenters. The zero-order valence-corrected chi connectivity index (χ0v) is 8.66. The van der Waals surface area contributed by atoms with Crippen molar-refractivity contribution in [2.75, 3.05) is 0 Å². The van der Waals surface area contributed by atoms with Gasteiger partial charge in [0.2, 0.25) is 0 Å². The number of carboxylic acid groups (broad SMARTS) is 1. The number of aliphatic hydroxyl groups is 1. The maximum Gasteiger partial charge on any atom is 0.305 e. The molecule has 0 aromatic carbocycles. The number of carbonyl (C=O) groups is 1. The maximum atomic E-state index is 10.4. The smallest absolute Gasteiger partial charge is 0.305 e. The van der Waals surface area contributed by atoms with Gasteiger partial charge in [-0.05, 0) is 16.7 Å². The van der Waals surface area contributed by atoms with E-state index in [0.29, 0.717) is 0 Å². The highest BCUT2D eigenvalue weighted by atomic mass is 16.4. The van der Waals surface area contributed by atoms with Crippen molar-refractivity contribution in [1.82, 2.24) is 0 Å². The molecule has 1 aliphatic carbocycles. The Labute approximate surface area is 78.8 Å². The molecule has 0 heterocycles. The molecule has 3 nitrogen and oxygen atoms in total. The summed E-state index contributed by atoms with van der Waals surface area (Å²) in [5, 5.41) is 18.2. The Morgan fingerprint density at radius 3 is 1.92 bits per heavy atom. The van der Waals surface area contributed by atoms with Crippen LogP contribution in [0.4, 0.5) is 0 Å². The number of rotatable bonds is 3. The zero-order valence-electron chi connectivity index (χ0n) is 8.66. The third-order valence-electron chi connectivity index (χ3n) is 3.90. The van der Waals surface area contributed by atoms with Crippen molar-refractivity contribution in [1.29, 1.82) is 0 Å². The predicted octanol–water partition coefficient (Wildman–Crippen LogP) is 1.50. The van der Waals surface area contributed by atoms with Crippen molar-refractivity contribution in [2.24, 2.45) is 16.7 Å². The van der Waals surface area contributed by atoms with Gasteiger partial charge in [-0.2, -0.15) is 0 Å². The fraction of sp³-hybridized carbons (Fsp3) is 0.900. The molecule has 1 fully saturated rings. The van der Waals surface area contributed by atoms with E-state index in [1.807, 2.05) is 0 Å². The van der Waals surface area contributed by atoms with Gasteiger partial charge in [0.15, 0.2) is 0 Å².